The number of hydrogen-bond donors (Lipinski definition) is 1. The fraction of sp³-hybridized carbons (Fsp3) is 0.286. The summed E-state index contributed by atoms with van der Waals surface area (Å²) in [6.45, 7) is 2.15. The van der Waals surface area contributed by atoms with E-state index in [-0.39, 0.29) is 0 Å². The summed E-state index contributed by atoms with van der Waals surface area (Å²) in [5.74, 6) is 1.57. The molecule has 0 aliphatic rings. The maximum Gasteiger partial charge on any atom is 0.161 e. The standard InChI is InChI=1S/C14H15Br2N3/c1-3-5-11-12(16)14(17-2)19-13(18-11)9-6-4-7-10(15)8-9/h4,6-8H,3,5H2,1-2H3,(H,17,18,19). The summed E-state index contributed by atoms with van der Waals surface area (Å²) in [7, 11) is 1.87. The molecule has 1 N–H and O–H groups in total. The van der Waals surface area contributed by atoms with Crippen LogP contribution in [0.2, 0.25) is 0 Å². The number of rotatable bonds is 4. The van der Waals surface area contributed by atoms with Crippen LogP contribution in [0.5, 0.6) is 0 Å². The van der Waals surface area contributed by atoms with Crippen molar-refractivity contribution in [2.45, 2.75) is 19.8 Å². The van der Waals surface area contributed by atoms with Gasteiger partial charge in [-0.05, 0) is 34.5 Å². The van der Waals surface area contributed by atoms with E-state index < -0.39 is 0 Å². The molecule has 2 aromatic rings. The van der Waals surface area contributed by atoms with E-state index in [0.29, 0.717) is 0 Å². The molecule has 0 aliphatic carbocycles. The smallest absolute Gasteiger partial charge is 0.161 e. The number of halogens is 2. The van der Waals surface area contributed by atoms with Crippen LogP contribution in [-0.4, -0.2) is 17.0 Å². The number of nitrogens with zero attached hydrogens (tertiary/aromatic N) is 2. The lowest BCUT2D eigenvalue weighted by molar-refractivity contribution is 0.869. The van der Waals surface area contributed by atoms with Crippen molar-refractivity contribution < 1.29 is 0 Å². The number of benzene rings is 1. The first-order valence-corrected chi connectivity index (χ1v) is 7.74. The van der Waals surface area contributed by atoms with E-state index in [2.05, 4.69) is 54.1 Å². The van der Waals surface area contributed by atoms with Gasteiger partial charge in [-0.2, -0.15) is 0 Å². The summed E-state index contributed by atoms with van der Waals surface area (Å²) in [6.07, 6.45) is 1.98. The van der Waals surface area contributed by atoms with Crippen LogP contribution in [-0.2, 0) is 6.42 Å². The summed E-state index contributed by atoms with van der Waals surface area (Å²) in [5.41, 5.74) is 2.05. The van der Waals surface area contributed by atoms with E-state index in [1.54, 1.807) is 0 Å². The van der Waals surface area contributed by atoms with Gasteiger partial charge in [-0.3, -0.25) is 0 Å². The normalized spacial score (nSPS) is 10.5. The summed E-state index contributed by atoms with van der Waals surface area (Å²) in [6, 6.07) is 8.03. The first-order chi connectivity index (χ1) is 9.15. The minimum Gasteiger partial charge on any atom is -0.372 e. The zero-order valence-electron chi connectivity index (χ0n) is 10.9. The van der Waals surface area contributed by atoms with Crippen LogP contribution in [0.3, 0.4) is 0 Å². The molecule has 0 bridgehead atoms. The van der Waals surface area contributed by atoms with Crippen LogP contribution in [0.25, 0.3) is 11.4 Å². The minimum absolute atomic E-state index is 0.748. The molecule has 3 nitrogen and oxygen atoms in total. The molecule has 100 valence electrons. The molecule has 1 aromatic heterocycles. The molecule has 0 spiro atoms. The number of aryl methyl sites for hydroxylation is 1. The summed E-state index contributed by atoms with van der Waals surface area (Å²) >= 11 is 7.05. The van der Waals surface area contributed by atoms with Crippen molar-refractivity contribution in [2.75, 3.05) is 12.4 Å². The van der Waals surface area contributed by atoms with Crippen molar-refractivity contribution in [1.29, 1.82) is 0 Å². The quantitative estimate of drug-likeness (QED) is 0.832. The van der Waals surface area contributed by atoms with Gasteiger partial charge in [0.1, 0.15) is 5.82 Å². The summed E-state index contributed by atoms with van der Waals surface area (Å²) in [5, 5.41) is 3.11. The lowest BCUT2D eigenvalue weighted by Gasteiger charge is -2.11. The fourth-order valence-corrected chi connectivity index (χ4v) is 2.79. The third-order valence-corrected chi connectivity index (χ3v) is 4.05. The minimum atomic E-state index is 0.748. The lowest BCUT2D eigenvalue weighted by atomic mass is 10.2. The monoisotopic (exact) mass is 383 g/mol. The summed E-state index contributed by atoms with van der Waals surface area (Å²) in [4.78, 5) is 9.22. The van der Waals surface area contributed by atoms with Crippen LogP contribution in [0.15, 0.2) is 33.2 Å². The highest BCUT2D eigenvalue weighted by molar-refractivity contribution is 9.11. The molecule has 0 atom stereocenters. The van der Waals surface area contributed by atoms with Gasteiger partial charge in [0.05, 0.1) is 10.2 Å². The van der Waals surface area contributed by atoms with Crippen LogP contribution >= 0.6 is 31.9 Å². The van der Waals surface area contributed by atoms with Gasteiger partial charge in [0, 0.05) is 17.1 Å². The molecule has 19 heavy (non-hydrogen) atoms. The zero-order chi connectivity index (χ0) is 13.8. The molecule has 2 rings (SSSR count). The molecule has 0 amide bonds. The molecular formula is C14H15Br2N3. The topological polar surface area (TPSA) is 37.8 Å². The molecular weight excluding hydrogens is 370 g/mol. The SMILES string of the molecule is CCCc1nc(-c2cccc(Br)c2)nc(NC)c1Br. The van der Waals surface area contributed by atoms with Gasteiger partial charge < -0.3 is 5.32 Å². The molecule has 0 radical (unpaired) electrons. The Labute approximate surface area is 130 Å². The van der Waals surface area contributed by atoms with Gasteiger partial charge >= 0.3 is 0 Å². The van der Waals surface area contributed by atoms with Crippen molar-refractivity contribution >= 4 is 37.7 Å². The number of hydrogen-bond acceptors (Lipinski definition) is 3. The van der Waals surface area contributed by atoms with Gasteiger partial charge in [-0.1, -0.05) is 41.4 Å². The van der Waals surface area contributed by atoms with Crippen molar-refractivity contribution in [3.8, 4) is 11.4 Å². The maximum atomic E-state index is 4.66. The second-order valence-electron chi connectivity index (χ2n) is 4.17. The Morgan fingerprint density at radius 1 is 1.21 bits per heavy atom. The largest absolute Gasteiger partial charge is 0.372 e. The van der Waals surface area contributed by atoms with Crippen molar-refractivity contribution in [2.24, 2.45) is 0 Å². The van der Waals surface area contributed by atoms with Crippen LogP contribution in [0, 0.1) is 0 Å². The van der Waals surface area contributed by atoms with Crippen molar-refractivity contribution in [1.82, 2.24) is 9.97 Å². The van der Waals surface area contributed by atoms with Gasteiger partial charge in [-0.25, -0.2) is 9.97 Å². The van der Waals surface area contributed by atoms with Gasteiger partial charge in [-0.15, -0.1) is 0 Å². The number of nitrogens with one attached hydrogen (secondary N) is 1. The number of aromatic nitrogens is 2. The first-order valence-electron chi connectivity index (χ1n) is 6.15. The third-order valence-electron chi connectivity index (χ3n) is 2.73. The van der Waals surface area contributed by atoms with Crippen LogP contribution in [0.1, 0.15) is 19.0 Å². The Morgan fingerprint density at radius 2 is 2.00 bits per heavy atom. The summed E-state index contributed by atoms with van der Waals surface area (Å²) < 4.78 is 1.98. The van der Waals surface area contributed by atoms with E-state index in [1.807, 2.05) is 31.3 Å². The van der Waals surface area contributed by atoms with Gasteiger partial charge in [0.25, 0.3) is 0 Å². The highest BCUT2D eigenvalue weighted by atomic mass is 79.9. The predicted molar refractivity (Wildman–Crippen MR) is 86.4 cm³/mol. The van der Waals surface area contributed by atoms with E-state index in [0.717, 1.165) is 44.7 Å². The fourth-order valence-electron chi connectivity index (χ4n) is 1.82. The Kier molecular flexibility index (Phi) is 4.93. The van der Waals surface area contributed by atoms with Gasteiger partial charge in [0.15, 0.2) is 5.82 Å². The van der Waals surface area contributed by atoms with Crippen molar-refractivity contribution in [3.05, 3.63) is 38.9 Å². The molecule has 5 heteroatoms. The van der Waals surface area contributed by atoms with E-state index in [1.165, 1.54) is 0 Å². The second-order valence-corrected chi connectivity index (χ2v) is 5.88. The average molecular weight is 385 g/mol. The molecule has 0 saturated heterocycles. The van der Waals surface area contributed by atoms with Crippen LogP contribution in [0.4, 0.5) is 5.82 Å². The zero-order valence-corrected chi connectivity index (χ0v) is 14.0. The lowest BCUT2D eigenvalue weighted by Crippen LogP contribution is -2.03. The van der Waals surface area contributed by atoms with Crippen LogP contribution < -0.4 is 5.32 Å². The Morgan fingerprint density at radius 3 is 2.63 bits per heavy atom. The Balaban J connectivity index is 2.54. The molecule has 1 heterocycles. The van der Waals surface area contributed by atoms with Crippen molar-refractivity contribution in [3.63, 3.8) is 0 Å². The van der Waals surface area contributed by atoms with E-state index in [4.69, 9.17) is 0 Å². The molecule has 1 aromatic carbocycles. The average Bonchev–Trinajstić information content (AvgIpc) is 2.41. The Hall–Kier alpha value is -0.940. The molecule has 0 aliphatic heterocycles. The molecule has 0 saturated carbocycles. The molecule has 0 unspecified atom stereocenters. The Bertz CT molecular complexity index is 585. The first kappa shape index (κ1) is 14.5. The number of anilines is 1. The van der Waals surface area contributed by atoms with E-state index in [9.17, 15) is 0 Å². The van der Waals surface area contributed by atoms with E-state index >= 15 is 0 Å². The second kappa shape index (κ2) is 6.48. The molecule has 0 fully saturated rings. The maximum absolute atomic E-state index is 4.66. The highest BCUT2D eigenvalue weighted by Gasteiger charge is 2.12. The highest BCUT2D eigenvalue weighted by Crippen LogP contribution is 2.28. The third kappa shape index (κ3) is 3.34. The van der Waals surface area contributed by atoms with Gasteiger partial charge in [0.2, 0.25) is 0 Å². The predicted octanol–water partition coefficient (Wildman–Crippen LogP) is 4.66.